The predicted octanol–water partition coefficient (Wildman–Crippen LogP) is 1.74. The molecule has 2 aromatic heterocycles. The number of aromatic amines is 1. The van der Waals surface area contributed by atoms with Gasteiger partial charge in [-0.2, -0.15) is 5.10 Å². The number of H-pyrrole nitrogens is 1. The zero-order valence-corrected chi connectivity index (χ0v) is 11.0. The van der Waals surface area contributed by atoms with Gasteiger partial charge in [0.1, 0.15) is 0 Å². The van der Waals surface area contributed by atoms with Gasteiger partial charge in [0.2, 0.25) is 0 Å². The maximum absolute atomic E-state index is 5.55. The van der Waals surface area contributed by atoms with E-state index in [2.05, 4.69) is 27.4 Å². The lowest BCUT2D eigenvalue weighted by molar-refractivity contribution is 0.113. The van der Waals surface area contributed by atoms with Crippen molar-refractivity contribution in [2.75, 3.05) is 6.61 Å². The van der Waals surface area contributed by atoms with Crippen molar-refractivity contribution in [3.8, 4) is 11.3 Å². The molecule has 2 atom stereocenters. The van der Waals surface area contributed by atoms with Crippen LogP contribution < -0.4 is 5.32 Å². The molecule has 2 unspecified atom stereocenters. The Kier molecular flexibility index (Phi) is 3.57. The molecule has 1 aliphatic rings. The number of nitrogens with zero attached hydrogens (tertiary/aromatic N) is 2. The van der Waals surface area contributed by atoms with Crippen LogP contribution in [0.25, 0.3) is 11.3 Å². The van der Waals surface area contributed by atoms with E-state index in [-0.39, 0.29) is 6.10 Å². The van der Waals surface area contributed by atoms with E-state index in [1.165, 1.54) is 0 Å². The van der Waals surface area contributed by atoms with E-state index in [1.807, 2.05) is 24.5 Å². The van der Waals surface area contributed by atoms with E-state index in [4.69, 9.17) is 4.74 Å². The van der Waals surface area contributed by atoms with Gasteiger partial charge in [0, 0.05) is 42.7 Å². The van der Waals surface area contributed by atoms with Crippen LogP contribution in [-0.2, 0) is 11.3 Å². The minimum Gasteiger partial charge on any atom is -0.377 e. The van der Waals surface area contributed by atoms with Gasteiger partial charge in [0.05, 0.1) is 18.0 Å². The third-order valence-electron chi connectivity index (χ3n) is 3.60. The normalized spacial score (nSPS) is 22.8. The lowest BCUT2D eigenvalue weighted by atomic mass is 10.1. The molecule has 0 amide bonds. The second kappa shape index (κ2) is 5.50. The van der Waals surface area contributed by atoms with E-state index in [0.29, 0.717) is 6.04 Å². The zero-order valence-electron chi connectivity index (χ0n) is 11.0. The van der Waals surface area contributed by atoms with Crippen molar-refractivity contribution >= 4 is 0 Å². The Hall–Kier alpha value is -1.72. The SMILES string of the molecule is CC1OCCC1NCc1cn[nH]c1-c1cccnc1. The molecule has 0 aromatic carbocycles. The summed E-state index contributed by atoms with van der Waals surface area (Å²) in [5.41, 5.74) is 3.26. The monoisotopic (exact) mass is 258 g/mol. The molecule has 1 fully saturated rings. The Balaban J connectivity index is 1.71. The summed E-state index contributed by atoms with van der Waals surface area (Å²) in [6.07, 6.45) is 6.85. The molecular formula is C14H18N4O. The van der Waals surface area contributed by atoms with Crippen molar-refractivity contribution in [3.63, 3.8) is 0 Å². The van der Waals surface area contributed by atoms with Crippen molar-refractivity contribution in [2.45, 2.75) is 32.0 Å². The molecule has 0 saturated carbocycles. The Morgan fingerprint density at radius 2 is 2.42 bits per heavy atom. The first-order valence-electron chi connectivity index (χ1n) is 6.62. The van der Waals surface area contributed by atoms with Crippen LogP contribution in [0.2, 0.25) is 0 Å². The highest BCUT2D eigenvalue weighted by Crippen LogP contribution is 2.20. The van der Waals surface area contributed by atoms with Gasteiger partial charge in [-0.3, -0.25) is 10.1 Å². The second-order valence-electron chi connectivity index (χ2n) is 4.86. The van der Waals surface area contributed by atoms with E-state index < -0.39 is 0 Å². The molecule has 0 radical (unpaired) electrons. The van der Waals surface area contributed by atoms with E-state index >= 15 is 0 Å². The van der Waals surface area contributed by atoms with Gasteiger partial charge in [-0.05, 0) is 25.5 Å². The number of rotatable bonds is 4. The average molecular weight is 258 g/mol. The minimum absolute atomic E-state index is 0.286. The average Bonchev–Trinajstić information content (AvgIpc) is 3.06. The Morgan fingerprint density at radius 3 is 3.16 bits per heavy atom. The summed E-state index contributed by atoms with van der Waals surface area (Å²) in [6, 6.07) is 4.39. The summed E-state index contributed by atoms with van der Waals surface area (Å²) < 4.78 is 5.55. The number of hydrogen-bond acceptors (Lipinski definition) is 4. The van der Waals surface area contributed by atoms with Crippen LogP contribution in [-0.4, -0.2) is 33.9 Å². The zero-order chi connectivity index (χ0) is 13.1. The fourth-order valence-electron chi connectivity index (χ4n) is 2.45. The number of hydrogen-bond donors (Lipinski definition) is 2. The van der Waals surface area contributed by atoms with Crippen molar-refractivity contribution < 1.29 is 4.74 Å². The van der Waals surface area contributed by atoms with Crippen molar-refractivity contribution in [2.24, 2.45) is 0 Å². The maximum Gasteiger partial charge on any atom is 0.0710 e. The minimum atomic E-state index is 0.286. The molecule has 2 N–H and O–H groups in total. The predicted molar refractivity (Wildman–Crippen MR) is 72.5 cm³/mol. The first-order chi connectivity index (χ1) is 9.34. The molecule has 0 aliphatic carbocycles. The van der Waals surface area contributed by atoms with Gasteiger partial charge >= 0.3 is 0 Å². The van der Waals surface area contributed by atoms with Crippen molar-refractivity contribution in [1.29, 1.82) is 0 Å². The van der Waals surface area contributed by atoms with Gasteiger partial charge in [0.25, 0.3) is 0 Å². The van der Waals surface area contributed by atoms with E-state index in [1.54, 1.807) is 6.20 Å². The lowest BCUT2D eigenvalue weighted by Gasteiger charge is -2.15. The molecular weight excluding hydrogens is 240 g/mol. The molecule has 0 spiro atoms. The molecule has 5 heteroatoms. The highest BCUT2D eigenvalue weighted by atomic mass is 16.5. The van der Waals surface area contributed by atoms with Gasteiger partial charge in [-0.1, -0.05) is 0 Å². The smallest absolute Gasteiger partial charge is 0.0710 e. The molecule has 5 nitrogen and oxygen atoms in total. The number of ether oxygens (including phenoxy) is 1. The van der Waals surface area contributed by atoms with Crippen LogP contribution in [0.15, 0.2) is 30.7 Å². The summed E-state index contributed by atoms with van der Waals surface area (Å²) >= 11 is 0. The molecule has 3 rings (SSSR count). The van der Waals surface area contributed by atoms with Crippen LogP contribution >= 0.6 is 0 Å². The number of aromatic nitrogens is 3. The van der Waals surface area contributed by atoms with Gasteiger partial charge in [-0.25, -0.2) is 0 Å². The summed E-state index contributed by atoms with van der Waals surface area (Å²) in [5, 5.41) is 10.7. The van der Waals surface area contributed by atoms with Gasteiger partial charge in [-0.15, -0.1) is 0 Å². The summed E-state index contributed by atoms with van der Waals surface area (Å²) in [5.74, 6) is 0. The highest BCUT2D eigenvalue weighted by Gasteiger charge is 2.23. The molecule has 100 valence electrons. The van der Waals surface area contributed by atoms with Crippen LogP contribution in [0.3, 0.4) is 0 Å². The quantitative estimate of drug-likeness (QED) is 0.877. The standard InChI is InChI=1S/C14H18N4O/c1-10-13(4-6-19-10)16-8-12-9-17-18-14(12)11-3-2-5-15-7-11/h2-3,5,7,9-10,13,16H,4,6,8H2,1H3,(H,17,18). The molecule has 19 heavy (non-hydrogen) atoms. The van der Waals surface area contributed by atoms with Crippen molar-refractivity contribution in [3.05, 3.63) is 36.3 Å². The maximum atomic E-state index is 5.55. The first-order valence-corrected chi connectivity index (χ1v) is 6.62. The number of pyridine rings is 1. The summed E-state index contributed by atoms with van der Waals surface area (Å²) in [4.78, 5) is 4.14. The molecule has 1 aliphatic heterocycles. The van der Waals surface area contributed by atoms with Crippen LogP contribution in [0.5, 0.6) is 0 Å². The van der Waals surface area contributed by atoms with Crippen molar-refractivity contribution in [1.82, 2.24) is 20.5 Å². The van der Waals surface area contributed by atoms with Crippen LogP contribution in [0.1, 0.15) is 18.9 Å². The van der Waals surface area contributed by atoms with Gasteiger partial charge < -0.3 is 10.1 Å². The third kappa shape index (κ3) is 2.67. The second-order valence-corrected chi connectivity index (χ2v) is 4.86. The van der Waals surface area contributed by atoms with Crippen LogP contribution in [0.4, 0.5) is 0 Å². The largest absolute Gasteiger partial charge is 0.377 e. The molecule has 3 heterocycles. The third-order valence-corrected chi connectivity index (χ3v) is 3.60. The topological polar surface area (TPSA) is 62.8 Å². The van der Waals surface area contributed by atoms with E-state index in [9.17, 15) is 0 Å². The fourth-order valence-corrected chi connectivity index (χ4v) is 2.45. The molecule has 2 aromatic rings. The lowest BCUT2D eigenvalue weighted by Crippen LogP contribution is -2.34. The first kappa shape index (κ1) is 12.3. The highest BCUT2D eigenvalue weighted by molar-refractivity contribution is 5.61. The van der Waals surface area contributed by atoms with E-state index in [0.717, 1.165) is 36.4 Å². The van der Waals surface area contributed by atoms with Crippen LogP contribution in [0, 0.1) is 0 Å². The molecule has 1 saturated heterocycles. The van der Waals surface area contributed by atoms with Gasteiger partial charge in [0.15, 0.2) is 0 Å². The summed E-state index contributed by atoms with van der Waals surface area (Å²) in [7, 11) is 0. The Labute approximate surface area is 112 Å². The Bertz CT molecular complexity index is 525. The Morgan fingerprint density at radius 1 is 1.47 bits per heavy atom. The number of nitrogens with one attached hydrogen (secondary N) is 2. The fraction of sp³-hybridized carbons (Fsp3) is 0.429. The molecule has 0 bridgehead atoms. The summed E-state index contributed by atoms with van der Waals surface area (Å²) in [6.45, 7) is 3.75.